The highest BCUT2D eigenvalue weighted by Gasteiger charge is 2.06. The van der Waals surface area contributed by atoms with Crippen molar-refractivity contribution < 1.29 is 4.79 Å². The van der Waals surface area contributed by atoms with Crippen LogP contribution >= 0.6 is 23.2 Å². The van der Waals surface area contributed by atoms with E-state index >= 15 is 0 Å². The summed E-state index contributed by atoms with van der Waals surface area (Å²) in [5.41, 5.74) is 8.39. The summed E-state index contributed by atoms with van der Waals surface area (Å²) in [5, 5.41) is 4.43. The lowest BCUT2D eigenvalue weighted by atomic mass is 10.1. The molecule has 0 aliphatic rings. The summed E-state index contributed by atoms with van der Waals surface area (Å²) in [4.78, 5) is 11.2. The van der Waals surface area contributed by atoms with Crippen LogP contribution in [-0.2, 0) is 6.54 Å². The van der Waals surface area contributed by atoms with Crippen molar-refractivity contribution >= 4 is 34.8 Å². The number of carbonyl (C=O) groups is 1. The summed E-state index contributed by atoms with van der Waals surface area (Å²) in [6.45, 7) is 2.51. The molecule has 20 heavy (non-hydrogen) atoms. The van der Waals surface area contributed by atoms with Gasteiger partial charge in [0.25, 0.3) is 0 Å². The summed E-state index contributed by atoms with van der Waals surface area (Å²) < 4.78 is 0. The molecule has 0 aromatic heterocycles. The number of hydrogen-bond donors (Lipinski definition) is 2. The van der Waals surface area contributed by atoms with Gasteiger partial charge in [0, 0.05) is 17.1 Å². The van der Waals surface area contributed by atoms with E-state index in [-0.39, 0.29) is 0 Å². The quantitative estimate of drug-likeness (QED) is 0.896. The molecule has 3 nitrogen and oxygen atoms in total. The third-order valence-corrected chi connectivity index (χ3v) is 3.71. The average Bonchev–Trinajstić information content (AvgIpc) is 2.41. The van der Waals surface area contributed by atoms with E-state index in [2.05, 4.69) is 5.32 Å². The van der Waals surface area contributed by atoms with Crippen molar-refractivity contribution in [2.75, 3.05) is 5.32 Å². The topological polar surface area (TPSA) is 55.1 Å². The summed E-state index contributed by atoms with van der Waals surface area (Å²) in [6, 6.07) is 10.7. The van der Waals surface area contributed by atoms with Gasteiger partial charge in [0.1, 0.15) is 0 Å². The van der Waals surface area contributed by atoms with Crippen LogP contribution in [0.25, 0.3) is 0 Å². The van der Waals surface area contributed by atoms with Crippen LogP contribution in [0.4, 0.5) is 5.69 Å². The second-order valence-corrected chi connectivity index (χ2v) is 5.31. The molecule has 0 unspecified atom stereocenters. The zero-order valence-corrected chi connectivity index (χ0v) is 12.4. The van der Waals surface area contributed by atoms with Gasteiger partial charge in [0.2, 0.25) is 5.91 Å². The van der Waals surface area contributed by atoms with E-state index in [1.807, 2.05) is 25.1 Å². The Balaban J connectivity index is 2.15. The van der Waals surface area contributed by atoms with Crippen LogP contribution in [0.1, 0.15) is 21.5 Å². The molecule has 0 heterocycles. The zero-order chi connectivity index (χ0) is 14.7. The Labute approximate surface area is 127 Å². The van der Waals surface area contributed by atoms with Gasteiger partial charge in [-0.25, -0.2) is 0 Å². The number of benzene rings is 2. The maximum atomic E-state index is 11.2. The number of primary amides is 1. The lowest BCUT2D eigenvalue weighted by Gasteiger charge is -2.10. The predicted molar refractivity (Wildman–Crippen MR) is 83.5 cm³/mol. The molecule has 0 atom stereocenters. The lowest BCUT2D eigenvalue weighted by Crippen LogP contribution is -2.11. The molecule has 0 radical (unpaired) electrons. The molecular weight excluding hydrogens is 295 g/mol. The minimum Gasteiger partial charge on any atom is -0.380 e. The number of nitrogens with one attached hydrogen (secondary N) is 1. The Kier molecular flexibility index (Phi) is 4.53. The maximum absolute atomic E-state index is 11.2. The number of hydrogen-bond acceptors (Lipinski definition) is 2. The average molecular weight is 309 g/mol. The number of halogens is 2. The van der Waals surface area contributed by atoms with E-state index in [4.69, 9.17) is 28.9 Å². The maximum Gasteiger partial charge on any atom is 0.248 e. The highest BCUT2D eigenvalue weighted by atomic mass is 35.5. The number of anilines is 1. The minimum absolute atomic E-state index is 0.416. The summed E-state index contributed by atoms with van der Waals surface area (Å²) in [7, 11) is 0. The second-order valence-electron chi connectivity index (χ2n) is 4.50. The summed E-state index contributed by atoms with van der Waals surface area (Å²) in [5.74, 6) is -0.483. The first-order chi connectivity index (χ1) is 9.47. The fourth-order valence-electron chi connectivity index (χ4n) is 1.76. The van der Waals surface area contributed by atoms with E-state index in [0.717, 1.165) is 16.1 Å². The third-order valence-electron chi connectivity index (χ3n) is 2.97. The minimum atomic E-state index is -0.483. The normalized spacial score (nSPS) is 10.3. The summed E-state index contributed by atoms with van der Waals surface area (Å²) in [6.07, 6.45) is 0. The molecule has 0 aliphatic carbocycles. The van der Waals surface area contributed by atoms with Crippen molar-refractivity contribution in [3.8, 4) is 0 Å². The highest BCUT2D eigenvalue weighted by Crippen LogP contribution is 2.24. The van der Waals surface area contributed by atoms with Crippen LogP contribution in [-0.4, -0.2) is 5.91 Å². The Morgan fingerprint density at radius 3 is 2.55 bits per heavy atom. The molecule has 5 heteroatoms. The van der Waals surface area contributed by atoms with Crippen LogP contribution in [0.15, 0.2) is 36.4 Å². The van der Waals surface area contributed by atoms with Gasteiger partial charge >= 0.3 is 0 Å². The zero-order valence-electron chi connectivity index (χ0n) is 10.9. The molecule has 2 aromatic rings. The SMILES string of the molecule is Cc1ccc(CNc2cc(C(N)=O)ccc2Cl)cc1Cl. The Morgan fingerprint density at radius 1 is 1.15 bits per heavy atom. The summed E-state index contributed by atoms with van der Waals surface area (Å²) >= 11 is 12.2. The largest absolute Gasteiger partial charge is 0.380 e. The highest BCUT2D eigenvalue weighted by molar-refractivity contribution is 6.33. The van der Waals surface area contributed by atoms with Crippen LogP contribution < -0.4 is 11.1 Å². The van der Waals surface area contributed by atoms with Gasteiger partial charge in [0.05, 0.1) is 10.7 Å². The van der Waals surface area contributed by atoms with Gasteiger partial charge in [-0.15, -0.1) is 0 Å². The predicted octanol–water partition coefficient (Wildman–Crippen LogP) is 4.01. The molecule has 0 saturated carbocycles. The molecule has 1 amide bonds. The lowest BCUT2D eigenvalue weighted by molar-refractivity contribution is 0.100. The first-order valence-electron chi connectivity index (χ1n) is 6.05. The first-order valence-corrected chi connectivity index (χ1v) is 6.81. The van der Waals surface area contributed by atoms with Gasteiger partial charge in [-0.3, -0.25) is 4.79 Å². The molecule has 2 aromatic carbocycles. The standard InChI is InChI=1S/C15H14Cl2N2O/c1-9-2-3-10(6-13(9)17)8-19-14-7-11(15(18)20)4-5-12(14)16/h2-7,19H,8H2,1H3,(H2,18,20). The van der Waals surface area contributed by atoms with Crippen molar-refractivity contribution in [3.05, 3.63) is 63.1 Å². The Hall–Kier alpha value is -1.71. The van der Waals surface area contributed by atoms with E-state index in [1.165, 1.54) is 0 Å². The molecule has 0 saturated heterocycles. The smallest absolute Gasteiger partial charge is 0.248 e. The van der Waals surface area contributed by atoms with E-state index in [1.54, 1.807) is 18.2 Å². The van der Waals surface area contributed by atoms with Crippen LogP contribution in [0, 0.1) is 6.92 Å². The molecule has 0 spiro atoms. The number of rotatable bonds is 4. The molecule has 3 N–H and O–H groups in total. The van der Waals surface area contributed by atoms with Crippen molar-refractivity contribution in [1.29, 1.82) is 0 Å². The Bertz CT molecular complexity index is 656. The first kappa shape index (κ1) is 14.7. The monoisotopic (exact) mass is 308 g/mol. The molecule has 0 fully saturated rings. The molecule has 104 valence electrons. The van der Waals surface area contributed by atoms with Crippen LogP contribution in [0.3, 0.4) is 0 Å². The van der Waals surface area contributed by atoms with E-state index < -0.39 is 5.91 Å². The van der Waals surface area contributed by atoms with Gasteiger partial charge in [-0.1, -0.05) is 35.3 Å². The van der Waals surface area contributed by atoms with Gasteiger partial charge in [-0.2, -0.15) is 0 Å². The van der Waals surface area contributed by atoms with E-state index in [9.17, 15) is 4.79 Å². The van der Waals surface area contributed by atoms with E-state index in [0.29, 0.717) is 22.8 Å². The van der Waals surface area contributed by atoms with Crippen molar-refractivity contribution in [2.45, 2.75) is 13.5 Å². The number of nitrogens with two attached hydrogens (primary N) is 1. The number of aryl methyl sites for hydroxylation is 1. The molecular formula is C15H14Cl2N2O. The fraction of sp³-hybridized carbons (Fsp3) is 0.133. The van der Waals surface area contributed by atoms with Crippen molar-refractivity contribution in [1.82, 2.24) is 0 Å². The van der Waals surface area contributed by atoms with Gasteiger partial charge < -0.3 is 11.1 Å². The number of amides is 1. The fourth-order valence-corrected chi connectivity index (χ4v) is 2.15. The molecule has 0 aliphatic heterocycles. The Morgan fingerprint density at radius 2 is 1.90 bits per heavy atom. The molecule has 0 bridgehead atoms. The van der Waals surface area contributed by atoms with Gasteiger partial charge in [-0.05, 0) is 42.3 Å². The second kappa shape index (κ2) is 6.16. The van der Waals surface area contributed by atoms with Gasteiger partial charge in [0.15, 0.2) is 0 Å². The van der Waals surface area contributed by atoms with Crippen LogP contribution in [0.2, 0.25) is 10.0 Å². The number of carbonyl (C=O) groups excluding carboxylic acids is 1. The van der Waals surface area contributed by atoms with Crippen molar-refractivity contribution in [3.63, 3.8) is 0 Å². The third kappa shape index (κ3) is 3.44. The van der Waals surface area contributed by atoms with Crippen LogP contribution in [0.5, 0.6) is 0 Å². The van der Waals surface area contributed by atoms with Crippen molar-refractivity contribution in [2.24, 2.45) is 5.73 Å². The molecule has 2 rings (SSSR count).